The molecule has 0 aliphatic rings. The van der Waals surface area contributed by atoms with Crippen molar-refractivity contribution in [1.82, 2.24) is 0 Å². The van der Waals surface area contributed by atoms with Crippen LogP contribution in [0.15, 0.2) is 0 Å². The Balaban J connectivity index is 4.11. The molecule has 1 atom stereocenters. The van der Waals surface area contributed by atoms with Crippen LogP contribution in [0.4, 0.5) is 0 Å². The third kappa shape index (κ3) is 4.03. The first-order valence-electron chi connectivity index (χ1n) is 5.62. The summed E-state index contributed by atoms with van der Waals surface area (Å²) in [5, 5.41) is 0. The Morgan fingerprint density at radius 1 is 0.929 bits per heavy atom. The molecule has 82 valence electrons. The lowest BCUT2D eigenvalue weighted by atomic mass is 9.91. The average molecular weight is 198 g/mol. The van der Waals surface area contributed by atoms with E-state index in [0.29, 0.717) is 0 Å². The number of Topliss-reactive ketones (excluding diaryl/α,β-unsaturated/α-hetero) is 2. The molecule has 1 unspecified atom stereocenters. The summed E-state index contributed by atoms with van der Waals surface area (Å²) in [7, 11) is 0. The molecule has 0 heterocycles. The van der Waals surface area contributed by atoms with Crippen LogP contribution in [0.25, 0.3) is 0 Å². The fourth-order valence-corrected chi connectivity index (χ4v) is 1.46. The fourth-order valence-electron chi connectivity index (χ4n) is 1.46. The van der Waals surface area contributed by atoms with Gasteiger partial charge >= 0.3 is 0 Å². The Labute approximate surface area is 87.1 Å². The third-order valence-electron chi connectivity index (χ3n) is 2.95. The molecule has 0 saturated carbocycles. The third-order valence-corrected chi connectivity index (χ3v) is 2.95. The van der Waals surface area contributed by atoms with Crippen LogP contribution in [0.1, 0.15) is 53.4 Å². The summed E-state index contributed by atoms with van der Waals surface area (Å²) in [5.41, 5.74) is 0. The van der Waals surface area contributed by atoms with Crippen LogP contribution in [-0.2, 0) is 9.59 Å². The van der Waals surface area contributed by atoms with Crippen molar-refractivity contribution < 1.29 is 9.59 Å². The van der Waals surface area contributed by atoms with Crippen LogP contribution < -0.4 is 0 Å². The number of carbonyl (C=O) groups is 2. The summed E-state index contributed by atoms with van der Waals surface area (Å²) in [6.45, 7) is 7.87. The standard InChI is InChI=1S/C12H22O2/c1-5-9(4)11(13)8-12(14)10(6-2)7-3/h9-10H,5-8H2,1-4H3. The van der Waals surface area contributed by atoms with E-state index in [1.165, 1.54) is 0 Å². The molecule has 0 aromatic carbocycles. The van der Waals surface area contributed by atoms with Gasteiger partial charge in [0.05, 0.1) is 6.42 Å². The molecule has 0 aliphatic carbocycles. The van der Waals surface area contributed by atoms with E-state index in [0.717, 1.165) is 19.3 Å². The van der Waals surface area contributed by atoms with Crippen molar-refractivity contribution in [2.24, 2.45) is 11.8 Å². The highest BCUT2D eigenvalue weighted by Crippen LogP contribution is 2.14. The number of hydrogen-bond acceptors (Lipinski definition) is 2. The van der Waals surface area contributed by atoms with Crippen LogP contribution in [0.5, 0.6) is 0 Å². The second-order valence-electron chi connectivity index (χ2n) is 3.93. The maximum absolute atomic E-state index is 11.6. The molecule has 0 N–H and O–H groups in total. The first kappa shape index (κ1) is 13.3. The van der Waals surface area contributed by atoms with Gasteiger partial charge in [-0.05, 0) is 19.3 Å². The van der Waals surface area contributed by atoms with Crippen LogP contribution in [-0.4, -0.2) is 11.6 Å². The molecule has 0 fully saturated rings. The van der Waals surface area contributed by atoms with E-state index >= 15 is 0 Å². The topological polar surface area (TPSA) is 34.1 Å². The fraction of sp³-hybridized carbons (Fsp3) is 0.833. The highest BCUT2D eigenvalue weighted by Gasteiger charge is 2.20. The quantitative estimate of drug-likeness (QED) is 0.589. The summed E-state index contributed by atoms with van der Waals surface area (Å²) >= 11 is 0. The van der Waals surface area contributed by atoms with E-state index in [9.17, 15) is 9.59 Å². The molecule has 0 aliphatic heterocycles. The molecule has 0 amide bonds. The van der Waals surface area contributed by atoms with Gasteiger partial charge in [-0.25, -0.2) is 0 Å². The average Bonchev–Trinajstić information content (AvgIpc) is 2.18. The zero-order chi connectivity index (χ0) is 11.1. The van der Waals surface area contributed by atoms with Crippen molar-refractivity contribution in [3.05, 3.63) is 0 Å². The minimum Gasteiger partial charge on any atom is -0.299 e. The van der Waals surface area contributed by atoms with Crippen LogP contribution in [0.3, 0.4) is 0 Å². The number of carbonyl (C=O) groups excluding carboxylic acids is 2. The number of hydrogen-bond donors (Lipinski definition) is 0. The highest BCUT2D eigenvalue weighted by molar-refractivity contribution is 6.00. The summed E-state index contributed by atoms with van der Waals surface area (Å²) in [6, 6.07) is 0. The molecular formula is C12H22O2. The Morgan fingerprint density at radius 3 is 1.79 bits per heavy atom. The van der Waals surface area contributed by atoms with Gasteiger partial charge in [-0.15, -0.1) is 0 Å². The zero-order valence-electron chi connectivity index (χ0n) is 9.80. The van der Waals surface area contributed by atoms with E-state index in [2.05, 4.69) is 0 Å². The molecule has 0 aromatic heterocycles. The maximum atomic E-state index is 11.6. The Kier molecular flexibility index (Phi) is 6.43. The zero-order valence-corrected chi connectivity index (χ0v) is 9.80. The van der Waals surface area contributed by atoms with Crippen molar-refractivity contribution in [3.8, 4) is 0 Å². The highest BCUT2D eigenvalue weighted by atomic mass is 16.1. The van der Waals surface area contributed by atoms with Gasteiger partial charge in [-0.3, -0.25) is 9.59 Å². The summed E-state index contributed by atoms with van der Waals surface area (Å²) in [6.07, 6.45) is 2.67. The van der Waals surface area contributed by atoms with Crippen molar-refractivity contribution in [2.45, 2.75) is 53.4 Å². The second-order valence-corrected chi connectivity index (χ2v) is 3.93. The monoisotopic (exact) mass is 198 g/mol. The van der Waals surface area contributed by atoms with Crippen molar-refractivity contribution in [3.63, 3.8) is 0 Å². The number of rotatable bonds is 7. The summed E-state index contributed by atoms with van der Waals surface area (Å²) in [4.78, 5) is 23.1. The molecule has 0 radical (unpaired) electrons. The lowest BCUT2D eigenvalue weighted by Crippen LogP contribution is -2.20. The molecule has 0 bridgehead atoms. The number of ketones is 2. The van der Waals surface area contributed by atoms with Crippen molar-refractivity contribution >= 4 is 11.6 Å². The van der Waals surface area contributed by atoms with Crippen molar-refractivity contribution in [1.29, 1.82) is 0 Å². The van der Waals surface area contributed by atoms with E-state index in [1.807, 2.05) is 27.7 Å². The SMILES string of the molecule is CCC(C)C(=O)CC(=O)C(CC)CC. The van der Waals surface area contributed by atoms with Gasteiger partial charge in [0.15, 0.2) is 0 Å². The van der Waals surface area contributed by atoms with Gasteiger partial charge in [-0.1, -0.05) is 27.7 Å². The predicted molar refractivity (Wildman–Crippen MR) is 58.2 cm³/mol. The molecule has 2 nitrogen and oxygen atoms in total. The molecule has 0 saturated heterocycles. The molecule has 0 aromatic rings. The summed E-state index contributed by atoms with van der Waals surface area (Å²) < 4.78 is 0. The van der Waals surface area contributed by atoms with Gasteiger partial charge < -0.3 is 0 Å². The van der Waals surface area contributed by atoms with Gasteiger partial charge in [-0.2, -0.15) is 0 Å². The molecule has 2 heteroatoms. The lowest BCUT2D eigenvalue weighted by Gasteiger charge is -2.12. The van der Waals surface area contributed by atoms with E-state index in [-0.39, 0.29) is 29.8 Å². The van der Waals surface area contributed by atoms with Crippen LogP contribution in [0.2, 0.25) is 0 Å². The van der Waals surface area contributed by atoms with E-state index < -0.39 is 0 Å². The molecule has 0 spiro atoms. The largest absolute Gasteiger partial charge is 0.299 e. The van der Waals surface area contributed by atoms with E-state index in [1.54, 1.807) is 0 Å². The van der Waals surface area contributed by atoms with Gasteiger partial charge in [0.2, 0.25) is 0 Å². The minimum absolute atomic E-state index is 0.0355. The summed E-state index contributed by atoms with van der Waals surface area (Å²) in [5.74, 6) is 0.348. The Hall–Kier alpha value is -0.660. The Morgan fingerprint density at radius 2 is 1.43 bits per heavy atom. The van der Waals surface area contributed by atoms with Gasteiger partial charge in [0.1, 0.15) is 11.6 Å². The van der Waals surface area contributed by atoms with Gasteiger partial charge in [0.25, 0.3) is 0 Å². The van der Waals surface area contributed by atoms with Crippen LogP contribution >= 0.6 is 0 Å². The molecular weight excluding hydrogens is 176 g/mol. The first-order chi connectivity index (χ1) is 6.56. The normalized spacial score (nSPS) is 12.9. The van der Waals surface area contributed by atoms with Crippen LogP contribution in [0, 0.1) is 11.8 Å². The molecule has 0 rings (SSSR count). The minimum atomic E-state index is 0.0355. The van der Waals surface area contributed by atoms with E-state index in [4.69, 9.17) is 0 Å². The Bertz CT molecular complexity index is 192. The maximum Gasteiger partial charge on any atom is 0.143 e. The second kappa shape index (κ2) is 6.74. The molecule has 14 heavy (non-hydrogen) atoms. The first-order valence-corrected chi connectivity index (χ1v) is 5.62. The van der Waals surface area contributed by atoms with Crippen molar-refractivity contribution in [2.75, 3.05) is 0 Å². The predicted octanol–water partition coefficient (Wildman–Crippen LogP) is 3.00. The lowest BCUT2D eigenvalue weighted by molar-refractivity contribution is -0.131. The smallest absolute Gasteiger partial charge is 0.143 e. The van der Waals surface area contributed by atoms with Gasteiger partial charge in [0, 0.05) is 11.8 Å².